The van der Waals surface area contributed by atoms with Crippen molar-refractivity contribution in [1.29, 1.82) is 0 Å². The molecule has 0 aromatic carbocycles. The van der Waals surface area contributed by atoms with Crippen LogP contribution in [-0.2, 0) is 10.9 Å². The minimum atomic E-state index is -4.67. The van der Waals surface area contributed by atoms with Crippen molar-refractivity contribution in [3.05, 3.63) is 24.2 Å². The normalized spacial score (nSPS) is 18.5. The molecule has 0 radical (unpaired) electrons. The lowest BCUT2D eigenvalue weighted by molar-refractivity contribution is -0.145. The zero-order valence-electron chi connectivity index (χ0n) is 12.3. The van der Waals surface area contributed by atoms with Gasteiger partial charge in [0, 0.05) is 12.8 Å². The lowest BCUT2D eigenvalue weighted by atomic mass is 10.2. The Morgan fingerprint density at radius 1 is 1.29 bits per heavy atom. The molecule has 0 saturated carbocycles. The number of ether oxygens (including phenoxy) is 2. The first kappa shape index (κ1) is 15.1. The van der Waals surface area contributed by atoms with Gasteiger partial charge < -0.3 is 9.47 Å². The van der Waals surface area contributed by atoms with E-state index in [4.69, 9.17) is 9.47 Å². The summed E-state index contributed by atoms with van der Waals surface area (Å²) in [4.78, 5) is 8.20. The summed E-state index contributed by atoms with van der Waals surface area (Å²) in [6.07, 6.45) is -1.61. The van der Waals surface area contributed by atoms with Crippen LogP contribution < -0.4 is 4.74 Å². The van der Waals surface area contributed by atoms with Crippen LogP contribution in [0.2, 0.25) is 0 Å². The van der Waals surface area contributed by atoms with E-state index < -0.39 is 12.0 Å². The predicted octanol–water partition coefficient (Wildman–Crippen LogP) is 2.25. The fourth-order valence-electron chi connectivity index (χ4n) is 2.66. The maximum atomic E-state index is 13.2. The number of fused-ring (bicyclic) bond motifs is 3. The van der Waals surface area contributed by atoms with Crippen molar-refractivity contribution >= 4 is 16.8 Å². The standard InChI is InChI=1S/C14H12F3N5O2/c15-14(16,17)13-21-20-11-12(24-7-8-3-2-6-23-8)19-9-4-1-5-18-10(9)22(11)13/h1,4-5,8H,2-3,6-7H2. The fraction of sp³-hybridized carbons (Fsp3) is 0.429. The maximum Gasteiger partial charge on any atom is 0.452 e. The van der Waals surface area contributed by atoms with Crippen molar-refractivity contribution in [3.63, 3.8) is 0 Å². The molecule has 3 aromatic heterocycles. The molecule has 1 atom stereocenters. The maximum absolute atomic E-state index is 13.2. The number of pyridine rings is 1. The van der Waals surface area contributed by atoms with Crippen LogP contribution in [0.3, 0.4) is 0 Å². The predicted molar refractivity (Wildman–Crippen MR) is 75.6 cm³/mol. The van der Waals surface area contributed by atoms with E-state index in [0.29, 0.717) is 6.61 Å². The summed E-state index contributed by atoms with van der Waals surface area (Å²) < 4.78 is 51.5. The summed E-state index contributed by atoms with van der Waals surface area (Å²) in [5.74, 6) is -1.18. The van der Waals surface area contributed by atoms with Crippen molar-refractivity contribution in [2.45, 2.75) is 25.1 Å². The van der Waals surface area contributed by atoms with E-state index in [0.717, 1.165) is 17.2 Å². The number of aromatic nitrogens is 5. The second-order valence-corrected chi connectivity index (χ2v) is 5.39. The first-order chi connectivity index (χ1) is 11.5. The molecule has 7 nitrogen and oxygen atoms in total. The number of alkyl halides is 3. The number of halogens is 3. The van der Waals surface area contributed by atoms with Gasteiger partial charge in [-0.05, 0) is 25.0 Å². The van der Waals surface area contributed by atoms with Gasteiger partial charge in [-0.25, -0.2) is 14.4 Å². The Bertz CT molecular complexity index is 889. The molecule has 4 rings (SSSR count). The molecular weight excluding hydrogens is 327 g/mol. The Morgan fingerprint density at radius 2 is 2.17 bits per heavy atom. The molecule has 1 unspecified atom stereocenters. The van der Waals surface area contributed by atoms with Gasteiger partial charge in [0.15, 0.2) is 5.65 Å². The quantitative estimate of drug-likeness (QED) is 0.729. The molecule has 4 heterocycles. The molecule has 1 aliphatic heterocycles. The summed E-state index contributed by atoms with van der Waals surface area (Å²) in [5, 5.41) is 6.86. The second-order valence-electron chi connectivity index (χ2n) is 5.39. The highest BCUT2D eigenvalue weighted by atomic mass is 19.4. The molecule has 10 heteroatoms. The van der Waals surface area contributed by atoms with Gasteiger partial charge in [-0.3, -0.25) is 0 Å². The summed E-state index contributed by atoms with van der Waals surface area (Å²) >= 11 is 0. The zero-order chi connectivity index (χ0) is 16.7. The van der Waals surface area contributed by atoms with Gasteiger partial charge in [0.05, 0.1) is 6.10 Å². The Morgan fingerprint density at radius 3 is 2.92 bits per heavy atom. The largest absolute Gasteiger partial charge is 0.472 e. The van der Waals surface area contributed by atoms with E-state index in [-0.39, 0.29) is 35.4 Å². The highest BCUT2D eigenvalue weighted by Gasteiger charge is 2.38. The van der Waals surface area contributed by atoms with Crippen molar-refractivity contribution in [2.24, 2.45) is 0 Å². The van der Waals surface area contributed by atoms with E-state index in [1.807, 2.05) is 0 Å². The minimum Gasteiger partial charge on any atom is -0.472 e. The monoisotopic (exact) mass is 339 g/mol. The van der Waals surface area contributed by atoms with Crippen LogP contribution in [0.1, 0.15) is 18.7 Å². The molecule has 1 aliphatic rings. The van der Waals surface area contributed by atoms with Crippen LogP contribution in [0.5, 0.6) is 5.88 Å². The molecule has 0 aliphatic carbocycles. The number of rotatable bonds is 3. The average Bonchev–Trinajstić information content (AvgIpc) is 3.21. The summed E-state index contributed by atoms with van der Waals surface area (Å²) in [5.41, 5.74) is 0.165. The van der Waals surface area contributed by atoms with Crippen LogP contribution in [0.15, 0.2) is 18.3 Å². The SMILES string of the molecule is FC(F)(F)c1nnc2c(OCC3CCCO3)nc3cccnc3n12. The molecule has 126 valence electrons. The smallest absolute Gasteiger partial charge is 0.452 e. The van der Waals surface area contributed by atoms with Gasteiger partial charge in [-0.15, -0.1) is 10.2 Å². The van der Waals surface area contributed by atoms with Crippen molar-refractivity contribution in [2.75, 3.05) is 13.2 Å². The van der Waals surface area contributed by atoms with Crippen molar-refractivity contribution in [1.82, 2.24) is 24.6 Å². The Balaban J connectivity index is 1.84. The van der Waals surface area contributed by atoms with Gasteiger partial charge in [-0.1, -0.05) is 0 Å². The Hall–Kier alpha value is -2.49. The average molecular weight is 339 g/mol. The lowest BCUT2D eigenvalue weighted by Crippen LogP contribution is -2.18. The molecular formula is C14H12F3N5O2. The fourth-order valence-corrected chi connectivity index (χ4v) is 2.66. The minimum absolute atomic E-state index is 0.0194. The molecule has 3 aromatic rings. The lowest BCUT2D eigenvalue weighted by Gasteiger charge is -2.12. The van der Waals surface area contributed by atoms with Gasteiger partial charge in [0.25, 0.3) is 5.88 Å². The van der Waals surface area contributed by atoms with E-state index in [2.05, 4.69) is 20.2 Å². The highest BCUT2D eigenvalue weighted by Crippen LogP contribution is 2.31. The first-order valence-corrected chi connectivity index (χ1v) is 7.35. The molecule has 24 heavy (non-hydrogen) atoms. The van der Waals surface area contributed by atoms with Gasteiger partial charge in [0.2, 0.25) is 11.5 Å². The summed E-state index contributed by atoms with van der Waals surface area (Å²) in [6, 6.07) is 3.14. The molecule has 1 fully saturated rings. The van der Waals surface area contributed by atoms with Gasteiger partial charge >= 0.3 is 6.18 Å². The Kier molecular flexibility index (Phi) is 3.48. The molecule has 0 amide bonds. The van der Waals surface area contributed by atoms with Crippen molar-refractivity contribution < 1.29 is 22.6 Å². The second kappa shape index (κ2) is 5.55. The summed E-state index contributed by atoms with van der Waals surface area (Å²) in [6.45, 7) is 0.851. The number of hydrogen-bond acceptors (Lipinski definition) is 6. The van der Waals surface area contributed by atoms with Crippen LogP contribution in [0, 0.1) is 0 Å². The van der Waals surface area contributed by atoms with Crippen LogP contribution in [0.4, 0.5) is 13.2 Å². The first-order valence-electron chi connectivity index (χ1n) is 7.35. The molecule has 1 saturated heterocycles. The van der Waals surface area contributed by atoms with Gasteiger partial charge in [0.1, 0.15) is 12.1 Å². The van der Waals surface area contributed by atoms with E-state index in [1.165, 1.54) is 6.20 Å². The third kappa shape index (κ3) is 2.52. The van der Waals surface area contributed by atoms with E-state index in [1.54, 1.807) is 12.1 Å². The number of nitrogens with zero attached hydrogens (tertiary/aromatic N) is 5. The topological polar surface area (TPSA) is 74.4 Å². The Labute approximate surface area is 133 Å². The van der Waals surface area contributed by atoms with Gasteiger partial charge in [-0.2, -0.15) is 13.2 Å². The number of hydrogen-bond donors (Lipinski definition) is 0. The van der Waals surface area contributed by atoms with Crippen LogP contribution in [-0.4, -0.2) is 43.9 Å². The van der Waals surface area contributed by atoms with E-state index in [9.17, 15) is 13.2 Å². The molecule has 0 N–H and O–H groups in total. The third-order valence-corrected chi connectivity index (χ3v) is 3.74. The molecule has 0 spiro atoms. The molecule has 0 bridgehead atoms. The van der Waals surface area contributed by atoms with Crippen LogP contribution in [0.25, 0.3) is 16.8 Å². The third-order valence-electron chi connectivity index (χ3n) is 3.74. The zero-order valence-corrected chi connectivity index (χ0v) is 12.3. The highest BCUT2D eigenvalue weighted by molar-refractivity contribution is 5.76. The van der Waals surface area contributed by atoms with Crippen molar-refractivity contribution in [3.8, 4) is 5.88 Å². The van der Waals surface area contributed by atoms with E-state index >= 15 is 0 Å². The summed E-state index contributed by atoms with van der Waals surface area (Å²) in [7, 11) is 0. The van der Waals surface area contributed by atoms with Crippen LogP contribution >= 0.6 is 0 Å².